The van der Waals surface area contributed by atoms with E-state index >= 15 is 0 Å². The highest BCUT2D eigenvalue weighted by Gasteiger charge is 2.50. The Labute approximate surface area is 200 Å². The van der Waals surface area contributed by atoms with Crippen molar-refractivity contribution in [3.8, 4) is 0 Å². The Morgan fingerprint density at radius 3 is 2.58 bits per heavy atom. The second kappa shape index (κ2) is 10.7. The molecule has 3 unspecified atom stereocenters. The van der Waals surface area contributed by atoms with Crippen molar-refractivity contribution < 1.29 is 13.9 Å². The van der Waals surface area contributed by atoms with Gasteiger partial charge >= 0.3 is 0 Å². The predicted molar refractivity (Wildman–Crippen MR) is 132 cm³/mol. The van der Waals surface area contributed by atoms with Gasteiger partial charge in [-0.15, -0.1) is 0 Å². The van der Waals surface area contributed by atoms with Crippen molar-refractivity contribution in [2.24, 2.45) is 29.1 Å². The van der Waals surface area contributed by atoms with Crippen LogP contribution in [0.4, 0.5) is 8.78 Å². The first-order valence-electron chi connectivity index (χ1n) is 13.5. The molecular formula is C29H45F2NO. The maximum absolute atomic E-state index is 12.7. The summed E-state index contributed by atoms with van der Waals surface area (Å²) < 4.78 is 25.4. The fraction of sp³-hybridized carbons (Fsp3) is 0.793. The van der Waals surface area contributed by atoms with Crippen LogP contribution in [0.25, 0.3) is 0 Å². The van der Waals surface area contributed by atoms with Crippen molar-refractivity contribution in [2.45, 2.75) is 97.0 Å². The molecule has 5 atom stereocenters. The number of nitrogens with zero attached hydrogens (tertiary/aromatic N) is 1. The number of allylic oxidation sites excluding steroid dienone is 3. The van der Waals surface area contributed by atoms with Crippen LogP contribution in [0.2, 0.25) is 0 Å². The van der Waals surface area contributed by atoms with Crippen LogP contribution in [0.5, 0.6) is 0 Å². The van der Waals surface area contributed by atoms with E-state index in [4.69, 9.17) is 0 Å². The van der Waals surface area contributed by atoms with E-state index in [2.05, 4.69) is 37.5 Å². The number of piperidine rings is 1. The SMILES string of the molecule is C=C1CC/C(=C/C=C2\CCCC3(C)C2CCC3[C@@H](C)CN2CCC(CC(F)F)CC2)C[C@H]1O. The van der Waals surface area contributed by atoms with Gasteiger partial charge < -0.3 is 10.0 Å². The molecule has 4 fully saturated rings. The number of fused-ring (bicyclic) bond motifs is 1. The molecule has 0 aromatic carbocycles. The first-order valence-corrected chi connectivity index (χ1v) is 13.5. The zero-order valence-electron chi connectivity index (χ0n) is 20.9. The minimum Gasteiger partial charge on any atom is -0.388 e. The highest BCUT2D eigenvalue weighted by molar-refractivity contribution is 5.28. The molecule has 1 N–H and O–H groups in total. The zero-order valence-corrected chi connectivity index (χ0v) is 20.9. The third-order valence-corrected chi connectivity index (χ3v) is 9.72. The molecule has 1 saturated heterocycles. The Morgan fingerprint density at radius 1 is 1.12 bits per heavy atom. The summed E-state index contributed by atoms with van der Waals surface area (Å²) >= 11 is 0. The van der Waals surface area contributed by atoms with Crippen LogP contribution in [0.15, 0.2) is 35.5 Å². The van der Waals surface area contributed by atoms with Gasteiger partial charge in [-0.2, -0.15) is 0 Å². The number of rotatable bonds is 6. The number of likely N-dealkylation sites (tertiary alicyclic amines) is 1. The van der Waals surface area contributed by atoms with E-state index < -0.39 is 6.43 Å². The lowest BCUT2D eigenvalue weighted by atomic mass is 9.61. The Bertz CT molecular complexity index is 751. The van der Waals surface area contributed by atoms with Crippen molar-refractivity contribution in [1.82, 2.24) is 4.90 Å². The third kappa shape index (κ3) is 5.81. The number of hydrogen-bond donors (Lipinski definition) is 1. The van der Waals surface area contributed by atoms with E-state index in [9.17, 15) is 13.9 Å². The van der Waals surface area contributed by atoms with E-state index in [0.29, 0.717) is 17.3 Å². The van der Waals surface area contributed by atoms with E-state index in [1.807, 2.05) is 0 Å². The van der Waals surface area contributed by atoms with E-state index in [0.717, 1.165) is 63.2 Å². The smallest absolute Gasteiger partial charge is 0.238 e. The van der Waals surface area contributed by atoms with Gasteiger partial charge in [0.2, 0.25) is 6.43 Å². The summed E-state index contributed by atoms with van der Waals surface area (Å²) in [5.74, 6) is 2.31. The summed E-state index contributed by atoms with van der Waals surface area (Å²) in [5, 5.41) is 10.2. The molecule has 4 heteroatoms. The maximum Gasteiger partial charge on any atom is 0.238 e. The average molecular weight is 462 g/mol. The van der Waals surface area contributed by atoms with Crippen molar-refractivity contribution in [2.75, 3.05) is 19.6 Å². The van der Waals surface area contributed by atoms with Gasteiger partial charge in [0.15, 0.2) is 0 Å². The summed E-state index contributed by atoms with van der Waals surface area (Å²) in [7, 11) is 0. The third-order valence-electron chi connectivity index (χ3n) is 9.72. The number of alkyl halides is 2. The molecule has 186 valence electrons. The average Bonchev–Trinajstić information content (AvgIpc) is 3.13. The van der Waals surface area contributed by atoms with Gasteiger partial charge in [-0.3, -0.25) is 0 Å². The molecule has 0 spiro atoms. The van der Waals surface area contributed by atoms with Crippen LogP contribution in [-0.2, 0) is 0 Å². The van der Waals surface area contributed by atoms with Crippen LogP contribution in [0.1, 0.15) is 84.5 Å². The molecule has 1 heterocycles. The molecule has 0 aromatic heterocycles. The Morgan fingerprint density at radius 2 is 1.88 bits per heavy atom. The van der Waals surface area contributed by atoms with Gasteiger partial charge in [0.05, 0.1) is 6.10 Å². The Kier molecular flexibility index (Phi) is 8.16. The van der Waals surface area contributed by atoms with Crippen LogP contribution in [0.3, 0.4) is 0 Å². The van der Waals surface area contributed by atoms with Crippen LogP contribution < -0.4 is 0 Å². The van der Waals surface area contributed by atoms with Crippen molar-refractivity contribution in [1.29, 1.82) is 0 Å². The molecule has 33 heavy (non-hydrogen) atoms. The fourth-order valence-corrected chi connectivity index (χ4v) is 7.76. The summed E-state index contributed by atoms with van der Waals surface area (Å²) in [5.41, 5.74) is 4.37. The minimum absolute atomic E-state index is 0.0881. The molecule has 4 rings (SSSR count). The molecular weight excluding hydrogens is 416 g/mol. The van der Waals surface area contributed by atoms with E-state index in [1.165, 1.54) is 37.7 Å². The number of hydrogen-bond acceptors (Lipinski definition) is 2. The molecule has 4 aliphatic rings. The normalized spacial score (nSPS) is 37.8. The zero-order chi connectivity index (χ0) is 23.6. The highest BCUT2D eigenvalue weighted by atomic mass is 19.3. The molecule has 3 aliphatic carbocycles. The lowest BCUT2D eigenvalue weighted by molar-refractivity contribution is 0.0566. The standard InChI is InChI=1S/C29H45F2NO/c1-20-6-7-22(17-27(20)33)8-9-24-5-4-14-29(3)25(10-11-26(24)29)21(2)19-32-15-12-23(13-16-32)18-28(30)31/h8-9,21,23,25-28,33H,1,4-7,10-19H2,2-3H3/b22-8-,24-9+/t21-,25?,26?,27+,29?/m0/s1. The van der Waals surface area contributed by atoms with Crippen LogP contribution in [0, 0.1) is 29.1 Å². The monoisotopic (exact) mass is 461 g/mol. The molecule has 0 radical (unpaired) electrons. The quantitative estimate of drug-likeness (QED) is 0.424. The molecule has 1 aliphatic heterocycles. The predicted octanol–water partition coefficient (Wildman–Crippen LogP) is 7.16. The topological polar surface area (TPSA) is 23.5 Å². The fourth-order valence-electron chi connectivity index (χ4n) is 7.76. The van der Waals surface area contributed by atoms with Crippen molar-refractivity contribution in [3.05, 3.63) is 35.5 Å². The van der Waals surface area contributed by atoms with Crippen LogP contribution in [-0.4, -0.2) is 42.2 Å². The number of aliphatic hydroxyl groups excluding tert-OH is 1. The highest BCUT2D eigenvalue weighted by Crippen LogP contribution is 2.59. The molecule has 0 amide bonds. The summed E-state index contributed by atoms with van der Waals surface area (Å²) in [6.45, 7) is 12.1. The molecule has 2 nitrogen and oxygen atoms in total. The van der Waals surface area contributed by atoms with E-state index in [1.54, 1.807) is 5.57 Å². The van der Waals surface area contributed by atoms with Gasteiger partial charge in [0.25, 0.3) is 0 Å². The second-order valence-electron chi connectivity index (χ2n) is 11.9. The van der Waals surface area contributed by atoms with Crippen molar-refractivity contribution >= 4 is 0 Å². The Hall–Kier alpha value is -1.00. The maximum atomic E-state index is 12.7. The molecule has 3 saturated carbocycles. The molecule has 0 bridgehead atoms. The van der Waals surface area contributed by atoms with Gasteiger partial charge in [-0.25, -0.2) is 8.78 Å². The summed E-state index contributed by atoms with van der Waals surface area (Å²) in [6, 6.07) is 0. The van der Waals surface area contributed by atoms with E-state index in [-0.39, 0.29) is 18.4 Å². The minimum atomic E-state index is -2.15. The first-order chi connectivity index (χ1) is 15.8. The van der Waals surface area contributed by atoms with Crippen LogP contribution >= 0.6 is 0 Å². The summed E-state index contributed by atoms with van der Waals surface area (Å²) in [4.78, 5) is 2.55. The largest absolute Gasteiger partial charge is 0.388 e. The molecule has 0 aromatic rings. The van der Waals surface area contributed by atoms with Gasteiger partial charge in [0, 0.05) is 13.0 Å². The first kappa shape index (κ1) is 25.1. The summed E-state index contributed by atoms with van der Waals surface area (Å²) in [6.07, 6.45) is 13.3. The van der Waals surface area contributed by atoms with Gasteiger partial charge in [0.1, 0.15) is 0 Å². The lowest BCUT2D eigenvalue weighted by Gasteiger charge is -2.45. The van der Waals surface area contributed by atoms with Crippen molar-refractivity contribution in [3.63, 3.8) is 0 Å². The van der Waals surface area contributed by atoms with Gasteiger partial charge in [-0.1, -0.05) is 43.7 Å². The lowest BCUT2D eigenvalue weighted by Crippen LogP contribution is -2.42. The number of halogens is 2. The Balaban J connectivity index is 1.36. The number of aliphatic hydroxyl groups is 1. The van der Waals surface area contributed by atoms with Gasteiger partial charge in [-0.05, 0) is 112 Å². The second-order valence-corrected chi connectivity index (χ2v) is 11.9.